The summed E-state index contributed by atoms with van der Waals surface area (Å²) < 4.78 is 18.5. The van der Waals surface area contributed by atoms with E-state index in [1.54, 1.807) is 36.0 Å². The normalized spacial score (nSPS) is 14.8. The van der Waals surface area contributed by atoms with E-state index in [9.17, 15) is 14.0 Å². The molecule has 0 aliphatic carbocycles. The van der Waals surface area contributed by atoms with Crippen molar-refractivity contribution in [2.45, 2.75) is 25.3 Å². The molecular formula is C18H26FN3O3. The topological polar surface area (TPSA) is 61.9 Å². The Kier molecular flexibility index (Phi) is 7.18. The molecule has 1 aromatic rings. The summed E-state index contributed by atoms with van der Waals surface area (Å²) in [6.45, 7) is 2.10. The number of urea groups is 1. The van der Waals surface area contributed by atoms with Gasteiger partial charge >= 0.3 is 6.03 Å². The number of rotatable bonds is 6. The first-order valence-electron chi connectivity index (χ1n) is 8.54. The number of benzene rings is 1. The fourth-order valence-corrected chi connectivity index (χ4v) is 2.90. The van der Waals surface area contributed by atoms with Crippen LogP contribution in [0.25, 0.3) is 0 Å². The van der Waals surface area contributed by atoms with E-state index in [1.807, 2.05) is 0 Å². The quantitative estimate of drug-likeness (QED) is 0.848. The van der Waals surface area contributed by atoms with Crippen LogP contribution in [-0.2, 0) is 16.0 Å². The largest absolute Gasteiger partial charge is 0.381 e. The standard InChI is InChI=1S/C18H26FN3O3/c1-21(2)18(24)22(16-6-10-25-11-7-16)9-8-20-17(23)13-14-4-3-5-15(19)12-14/h3-5,12,16H,6-11,13H2,1-2H3,(H,20,23). The fraction of sp³-hybridized carbons (Fsp3) is 0.556. The predicted molar refractivity (Wildman–Crippen MR) is 92.7 cm³/mol. The number of carbonyl (C=O) groups excluding carboxylic acids is 2. The van der Waals surface area contributed by atoms with E-state index >= 15 is 0 Å². The highest BCUT2D eigenvalue weighted by molar-refractivity contribution is 5.78. The highest BCUT2D eigenvalue weighted by atomic mass is 19.1. The SMILES string of the molecule is CN(C)C(=O)N(CCNC(=O)Cc1cccc(F)c1)C1CCOCC1. The number of nitrogens with one attached hydrogen (secondary N) is 1. The van der Waals surface area contributed by atoms with E-state index < -0.39 is 0 Å². The molecule has 7 heteroatoms. The van der Waals surface area contributed by atoms with E-state index in [0.29, 0.717) is 31.9 Å². The zero-order chi connectivity index (χ0) is 18.2. The van der Waals surface area contributed by atoms with Gasteiger partial charge in [0.25, 0.3) is 0 Å². The molecule has 0 saturated carbocycles. The Hall–Kier alpha value is -2.15. The van der Waals surface area contributed by atoms with Crippen LogP contribution >= 0.6 is 0 Å². The molecule has 1 saturated heterocycles. The average molecular weight is 351 g/mol. The monoisotopic (exact) mass is 351 g/mol. The second kappa shape index (κ2) is 9.36. The van der Waals surface area contributed by atoms with Crippen molar-refractivity contribution in [3.63, 3.8) is 0 Å². The first-order valence-corrected chi connectivity index (χ1v) is 8.54. The van der Waals surface area contributed by atoms with E-state index in [2.05, 4.69) is 5.32 Å². The molecule has 1 N–H and O–H groups in total. The molecule has 6 nitrogen and oxygen atoms in total. The van der Waals surface area contributed by atoms with Crippen LogP contribution in [0.1, 0.15) is 18.4 Å². The van der Waals surface area contributed by atoms with Crippen molar-refractivity contribution in [1.29, 1.82) is 0 Å². The number of carbonyl (C=O) groups is 2. The average Bonchev–Trinajstić information content (AvgIpc) is 2.59. The lowest BCUT2D eigenvalue weighted by Gasteiger charge is -2.36. The smallest absolute Gasteiger partial charge is 0.319 e. The second-order valence-electron chi connectivity index (χ2n) is 6.37. The highest BCUT2D eigenvalue weighted by Crippen LogP contribution is 2.15. The van der Waals surface area contributed by atoms with Crippen molar-refractivity contribution in [2.24, 2.45) is 0 Å². The number of ether oxygens (including phenoxy) is 1. The van der Waals surface area contributed by atoms with Gasteiger partial charge in [0.1, 0.15) is 5.82 Å². The van der Waals surface area contributed by atoms with Gasteiger partial charge in [-0.3, -0.25) is 4.79 Å². The third-order valence-electron chi connectivity index (χ3n) is 4.19. The molecule has 0 atom stereocenters. The first-order chi connectivity index (χ1) is 12.0. The Labute approximate surface area is 147 Å². The summed E-state index contributed by atoms with van der Waals surface area (Å²) in [7, 11) is 3.44. The Morgan fingerprint density at radius 2 is 2.00 bits per heavy atom. The van der Waals surface area contributed by atoms with Crippen LogP contribution in [0.3, 0.4) is 0 Å². The molecular weight excluding hydrogens is 325 g/mol. The maximum absolute atomic E-state index is 13.2. The number of nitrogens with zero attached hydrogens (tertiary/aromatic N) is 2. The van der Waals surface area contributed by atoms with Crippen LogP contribution in [0.4, 0.5) is 9.18 Å². The Morgan fingerprint density at radius 1 is 1.28 bits per heavy atom. The van der Waals surface area contributed by atoms with E-state index in [1.165, 1.54) is 12.1 Å². The number of amides is 3. The van der Waals surface area contributed by atoms with Gasteiger partial charge in [0, 0.05) is 46.4 Å². The zero-order valence-electron chi connectivity index (χ0n) is 14.8. The number of halogens is 1. The van der Waals surface area contributed by atoms with Gasteiger partial charge in [-0.25, -0.2) is 9.18 Å². The molecule has 1 aliphatic rings. The molecule has 0 unspecified atom stereocenters. The van der Waals surface area contributed by atoms with Gasteiger partial charge in [-0.1, -0.05) is 12.1 Å². The summed E-state index contributed by atoms with van der Waals surface area (Å²) in [4.78, 5) is 27.8. The van der Waals surface area contributed by atoms with E-state index in [-0.39, 0.29) is 30.2 Å². The van der Waals surface area contributed by atoms with Crippen molar-refractivity contribution < 1.29 is 18.7 Å². The molecule has 0 spiro atoms. The van der Waals surface area contributed by atoms with Gasteiger partial charge in [-0.2, -0.15) is 0 Å². The summed E-state index contributed by atoms with van der Waals surface area (Å²) in [6.07, 6.45) is 1.73. The summed E-state index contributed by atoms with van der Waals surface area (Å²) in [6, 6.07) is 6.06. The maximum Gasteiger partial charge on any atom is 0.319 e. The molecule has 0 bridgehead atoms. The molecule has 1 heterocycles. The maximum atomic E-state index is 13.2. The van der Waals surface area contributed by atoms with Crippen molar-refractivity contribution in [3.05, 3.63) is 35.6 Å². The number of hydrogen-bond donors (Lipinski definition) is 1. The summed E-state index contributed by atoms with van der Waals surface area (Å²) in [5.74, 6) is -0.539. The lowest BCUT2D eigenvalue weighted by Crippen LogP contribution is -2.50. The van der Waals surface area contributed by atoms with Crippen molar-refractivity contribution in [2.75, 3.05) is 40.4 Å². The Bertz CT molecular complexity index is 589. The van der Waals surface area contributed by atoms with Gasteiger partial charge in [-0.15, -0.1) is 0 Å². The highest BCUT2D eigenvalue weighted by Gasteiger charge is 2.26. The van der Waals surface area contributed by atoms with Crippen LogP contribution in [0.15, 0.2) is 24.3 Å². The third-order valence-corrected chi connectivity index (χ3v) is 4.19. The third kappa shape index (κ3) is 6.01. The molecule has 138 valence electrons. The van der Waals surface area contributed by atoms with Crippen molar-refractivity contribution in [3.8, 4) is 0 Å². The van der Waals surface area contributed by atoms with Gasteiger partial charge in [0.15, 0.2) is 0 Å². The molecule has 2 rings (SSSR count). The van der Waals surface area contributed by atoms with Gasteiger partial charge in [0.2, 0.25) is 5.91 Å². The predicted octanol–water partition coefficient (Wildman–Crippen LogP) is 1.65. The Morgan fingerprint density at radius 3 is 2.64 bits per heavy atom. The molecule has 1 aromatic carbocycles. The molecule has 0 aromatic heterocycles. The van der Waals surface area contributed by atoms with Crippen molar-refractivity contribution >= 4 is 11.9 Å². The van der Waals surface area contributed by atoms with E-state index in [0.717, 1.165) is 12.8 Å². The zero-order valence-corrected chi connectivity index (χ0v) is 14.8. The lowest BCUT2D eigenvalue weighted by atomic mass is 10.1. The number of hydrogen-bond acceptors (Lipinski definition) is 3. The molecule has 1 aliphatic heterocycles. The molecule has 25 heavy (non-hydrogen) atoms. The molecule has 1 fully saturated rings. The fourth-order valence-electron chi connectivity index (χ4n) is 2.90. The minimum Gasteiger partial charge on any atom is -0.381 e. The summed E-state index contributed by atoms with van der Waals surface area (Å²) in [5.41, 5.74) is 0.628. The van der Waals surface area contributed by atoms with Crippen LogP contribution in [0, 0.1) is 5.82 Å². The molecule has 3 amide bonds. The Balaban J connectivity index is 1.84. The molecule has 0 radical (unpaired) electrons. The minimum atomic E-state index is -0.354. The van der Waals surface area contributed by atoms with Crippen LogP contribution < -0.4 is 5.32 Å². The minimum absolute atomic E-state index is 0.0636. The first kappa shape index (κ1) is 19.2. The van der Waals surface area contributed by atoms with Crippen LogP contribution in [0.5, 0.6) is 0 Å². The van der Waals surface area contributed by atoms with E-state index in [4.69, 9.17) is 4.74 Å². The van der Waals surface area contributed by atoms with Gasteiger partial charge < -0.3 is 19.9 Å². The summed E-state index contributed by atoms with van der Waals surface area (Å²) in [5, 5.41) is 2.81. The van der Waals surface area contributed by atoms with Gasteiger partial charge in [-0.05, 0) is 30.5 Å². The second-order valence-corrected chi connectivity index (χ2v) is 6.37. The van der Waals surface area contributed by atoms with Crippen molar-refractivity contribution in [1.82, 2.24) is 15.1 Å². The summed E-state index contributed by atoms with van der Waals surface area (Å²) >= 11 is 0. The van der Waals surface area contributed by atoms with Gasteiger partial charge in [0.05, 0.1) is 6.42 Å². The van der Waals surface area contributed by atoms with Crippen LogP contribution in [0.2, 0.25) is 0 Å². The van der Waals surface area contributed by atoms with Crippen LogP contribution in [-0.4, -0.2) is 68.2 Å². The lowest BCUT2D eigenvalue weighted by molar-refractivity contribution is -0.120.